The summed E-state index contributed by atoms with van der Waals surface area (Å²) in [5.74, 6) is 0.902. The van der Waals surface area contributed by atoms with Crippen molar-refractivity contribution in [1.29, 1.82) is 0 Å². The Morgan fingerprint density at radius 1 is 1.50 bits per heavy atom. The topological polar surface area (TPSA) is 50.9 Å². The highest BCUT2D eigenvalue weighted by Gasteiger charge is 2.23. The second-order valence-corrected chi connectivity index (χ2v) is 4.34. The average molecular weight is 249 g/mol. The number of aryl methyl sites for hydroxylation is 1. The lowest BCUT2D eigenvalue weighted by Gasteiger charge is -2.12. The number of carbonyl (C=O) groups excluding carboxylic acids is 1. The van der Waals surface area contributed by atoms with E-state index in [0.717, 1.165) is 30.0 Å². The molecule has 0 aromatic heterocycles. The van der Waals surface area contributed by atoms with Gasteiger partial charge in [0.25, 0.3) is 0 Å². The zero-order chi connectivity index (χ0) is 13.0. The molecule has 2 rings (SSSR count). The van der Waals surface area contributed by atoms with Gasteiger partial charge in [-0.3, -0.25) is 4.79 Å². The van der Waals surface area contributed by atoms with Gasteiger partial charge in [0.15, 0.2) is 0 Å². The number of hydrogen-bond donors (Lipinski definition) is 1. The summed E-state index contributed by atoms with van der Waals surface area (Å²) in [6, 6.07) is 5.75. The lowest BCUT2D eigenvalue weighted by molar-refractivity contribution is -0.115. The fourth-order valence-corrected chi connectivity index (χ4v) is 1.67. The van der Waals surface area contributed by atoms with E-state index in [1.165, 1.54) is 0 Å². The van der Waals surface area contributed by atoms with Crippen molar-refractivity contribution in [2.75, 3.05) is 18.5 Å². The Morgan fingerprint density at radius 3 is 2.89 bits per heavy atom. The summed E-state index contributed by atoms with van der Waals surface area (Å²) in [7, 11) is 0. The zero-order valence-corrected chi connectivity index (χ0v) is 10.9. The fourth-order valence-electron chi connectivity index (χ4n) is 1.67. The molecule has 1 N–H and O–H groups in total. The number of nitrogens with one attached hydrogen (secondary N) is 1. The first kappa shape index (κ1) is 12.9. The first-order valence-corrected chi connectivity index (χ1v) is 6.40. The molecule has 1 amide bonds. The van der Waals surface area contributed by atoms with Crippen molar-refractivity contribution < 1.29 is 14.3 Å². The van der Waals surface area contributed by atoms with Crippen LogP contribution < -0.4 is 10.1 Å². The highest BCUT2D eigenvalue weighted by Crippen LogP contribution is 2.24. The van der Waals surface area contributed by atoms with Gasteiger partial charge in [0.2, 0.25) is 5.91 Å². The van der Waals surface area contributed by atoms with Gasteiger partial charge >= 0.3 is 0 Å². The Morgan fingerprint density at radius 2 is 2.28 bits per heavy atom. The van der Waals surface area contributed by atoms with E-state index >= 15 is 0 Å². The number of hydrogen-bond acceptors (Lipinski definition) is 3. The summed E-state index contributed by atoms with van der Waals surface area (Å²) >= 11 is 0. The van der Waals surface area contributed by atoms with Gasteiger partial charge in [0.05, 0.1) is 6.61 Å². The summed E-state index contributed by atoms with van der Waals surface area (Å²) in [5.41, 5.74) is 1.93. The lowest BCUT2D eigenvalue weighted by atomic mass is 10.1. The first-order valence-electron chi connectivity index (χ1n) is 6.40. The molecular formula is C14H19NO3. The van der Waals surface area contributed by atoms with Crippen molar-refractivity contribution in [1.82, 2.24) is 0 Å². The van der Waals surface area contributed by atoms with E-state index in [4.69, 9.17) is 9.47 Å². The Bertz CT molecular complexity index is 427. The van der Waals surface area contributed by atoms with Crippen LogP contribution in [0.25, 0.3) is 0 Å². The maximum atomic E-state index is 11.3. The van der Waals surface area contributed by atoms with Gasteiger partial charge in [-0.05, 0) is 30.2 Å². The SMILES string of the molecule is CCC(=O)Nc1ccc(OCC2CO2)c(CC)c1. The standard InChI is InChI=1S/C14H19NO3/c1-3-10-7-11(15-14(16)4-2)5-6-13(10)18-9-12-8-17-12/h5-7,12H,3-4,8-9H2,1-2H3,(H,15,16). The van der Waals surface area contributed by atoms with E-state index in [9.17, 15) is 4.79 Å². The van der Waals surface area contributed by atoms with Gasteiger partial charge in [-0.25, -0.2) is 0 Å². The molecule has 1 atom stereocenters. The number of rotatable bonds is 6. The predicted molar refractivity (Wildman–Crippen MR) is 70.0 cm³/mol. The quantitative estimate of drug-likeness (QED) is 0.787. The summed E-state index contributed by atoms with van der Waals surface area (Å²) in [6.07, 6.45) is 1.62. The Kier molecular flexibility index (Phi) is 4.20. The average Bonchev–Trinajstić information content (AvgIpc) is 3.21. The highest BCUT2D eigenvalue weighted by atomic mass is 16.6. The third kappa shape index (κ3) is 3.47. The number of epoxide rings is 1. The molecular weight excluding hydrogens is 230 g/mol. The largest absolute Gasteiger partial charge is 0.491 e. The van der Waals surface area contributed by atoms with Crippen LogP contribution in [0.1, 0.15) is 25.8 Å². The molecule has 1 aromatic carbocycles. The number of anilines is 1. The molecule has 4 heteroatoms. The molecule has 0 spiro atoms. The number of benzene rings is 1. The molecule has 98 valence electrons. The molecule has 1 aromatic rings. The monoisotopic (exact) mass is 249 g/mol. The maximum absolute atomic E-state index is 11.3. The Labute approximate surface area is 107 Å². The van der Waals surface area contributed by atoms with Gasteiger partial charge < -0.3 is 14.8 Å². The van der Waals surface area contributed by atoms with Crippen LogP contribution in [-0.2, 0) is 16.0 Å². The van der Waals surface area contributed by atoms with Crippen molar-refractivity contribution in [3.05, 3.63) is 23.8 Å². The molecule has 0 radical (unpaired) electrons. The highest BCUT2D eigenvalue weighted by molar-refractivity contribution is 5.90. The second-order valence-electron chi connectivity index (χ2n) is 4.34. The molecule has 0 bridgehead atoms. The predicted octanol–water partition coefficient (Wildman–Crippen LogP) is 2.38. The molecule has 1 saturated heterocycles. The minimum absolute atomic E-state index is 0.0251. The smallest absolute Gasteiger partial charge is 0.224 e. The Hall–Kier alpha value is -1.55. The minimum Gasteiger partial charge on any atom is -0.491 e. The van der Waals surface area contributed by atoms with Crippen molar-refractivity contribution in [2.45, 2.75) is 32.8 Å². The van der Waals surface area contributed by atoms with E-state index in [0.29, 0.717) is 13.0 Å². The van der Waals surface area contributed by atoms with Crippen LogP contribution in [0.3, 0.4) is 0 Å². The van der Waals surface area contributed by atoms with E-state index in [2.05, 4.69) is 12.2 Å². The van der Waals surface area contributed by atoms with Crippen LogP contribution in [0.4, 0.5) is 5.69 Å². The summed E-state index contributed by atoms with van der Waals surface area (Å²) in [5, 5.41) is 2.85. The first-order chi connectivity index (χ1) is 8.72. The lowest BCUT2D eigenvalue weighted by Crippen LogP contribution is -2.10. The van der Waals surface area contributed by atoms with E-state index < -0.39 is 0 Å². The minimum atomic E-state index is 0.0251. The van der Waals surface area contributed by atoms with Crippen LogP contribution >= 0.6 is 0 Å². The van der Waals surface area contributed by atoms with Crippen LogP contribution in [-0.4, -0.2) is 25.2 Å². The normalized spacial score (nSPS) is 17.3. The van der Waals surface area contributed by atoms with Gasteiger partial charge in [-0.2, -0.15) is 0 Å². The van der Waals surface area contributed by atoms with Crippen LogP contribution in [0, 0.1) is 0 Å². The van der Waals surface area contributed by atoms with Crippen molar-refractivity contribution in [3.8, 4) is 5.75 Å². The van der Waals surface area contributed by atoms with Gasteiger partial charge in [-0.1, -0.05) is 13.8 Å². The molecule has 18 heavy (non-hydrogen) atoms. The maximum Gasteiger partial charge on any atom is 0.224 e. The van der Waals surface area contributed by atoms with Crippen molar-refractivity contribution >= 4 is 11.6 Å². The summed E-state index contributed by atoms with van der Waals surface area (Å²) in [4.78, 5) is 11.3. The van der Waals surface area contributed by atoms with E-state index in [1.807, 2.05) is 25.1 Å². The van der Waals surface area contributed by atoms with Crippen molar-refractivity contribution in [2.24, 2.45) is 0 Å². The molecule has 1 aliphatic rings. The Balaban J connectivity index is 2.03. The molecule has 1 heterocycles. The third-order valence-corrected chi connectivity index (χ3v) is 2.87. The third-order valence-electron chi connectivity index (χ3n) is 2.87. The van der Waals surface area contributed by atoms with Crippen LogP contribution in [0.5, 0.6) is 5.75 Å². The second kappa shape index (κ2) is 5.87. The fraction of sp³-hybridized carbons (Fsp3) is 0.500. The summed E-state index contributed by atoms with van der Waals surface area (Å²) < 4.78 is 10.8. The number of amides is 1. The zero-order valence-electron chi connectivity index (χ0n) is 10.9. The van der Waals surface area contributed by atoms with Gasteiger partial charge in [-0.15, -0.1) is 0 Å². The molecule has 1 fully saturated rings. The van der Waals surface area contributed by atoms with Crippen LogP contribution in [0.15, 0.2) is 18.2 Å². The van der Waals surface area contributed by atoms with Crippen molar-refractivity contribution in [3.63, 3.8) is 0 Å². The van der Waals surface area contributed by atoms with Crippen LogP contribution in [0.2, 0.25) is 0 Å². The van der Waals surface area contributed by atoms with Gasteiger partial charge in [0, 0.05) is 12.1 Å². The van der Waals surface area contributed by atoms with Gasteiger partial charge in [0.1, 0.15) is 18.5 Å². The van der Waals surface area contributed by atoms with E-state index in [1.54, 1.807) is 0 Å². The molecule has 0 aliphatic carbocycles. The molecule has 1 aliphatic heterocycles. The molecule has 1 unspecified atom stereocenters. The molecule has 0 saturated carbocycles. The summed E-state index contributed by atoms with van der Waals surface area (Å²) in [6.45, 7) is 5.31. The van der Waals surface area contributed by atoms with E-state index in [-0.39, 0.29) is 12.0 Å². The number of ether oxygens (including phenoxy) is 2. The molecule has 4 nitrogen and oxygen atoms in total. The number of carbonyl (C=O) groups is 1.